The van der Waals surface area contributed by atoms with Crippen molar-refractivity contribution in [3.8, 4) is 6.07 Å². The smallest absolute Gasteiger partial charge is 0.132 e. The van der Waals surface area contributed by atoms with Gasteiger partial charge < -0.3 is 5.32 Å². The molecule has 1 N–H and O–H groups in total. The van der Waals surface area contributed by atoms with Gasteiger partial charge in [-0.3, -0.25) is 14.9 Å². The summed E-state index contributed by atoms with van der Waals surface area (Å²) in [6.45, 7) is 7.57. The van der Waals surface area contributed by atoms with Gasteiger partial charge in [-0.25, -0.2) is 5.01 Å². The molecule has 8 heteroatoms. The number of likely N-dealkylation sites (tertiary alicyclic amines) is 1. The molecule has 1 saturated heterocycles. The zero-order valence-corrected chi connectivity index (χ0v) is 21.1. The number of benzene rings is 1. The van der Waals surface area contributed by atoms with Crippen LogP contribution in [0.2, 0.25) is 0 Å². The van der Waals surface area contributed by atoms with E-state index >= 15 is 0 Å². The summed E-state index contributed by atoms with van der Waals surface area (Å²) in [6, 6.07) is 14.2. The van der Waals surface area contributed by atoms with Crippen molar-refractivity contribution in [2.45, 2.75) is 32.4 Å². The SMILES string of the molecule is C=NCN(/N=C\CBr)/C(=C\CC1CCCN(Cc2ccccc2C#N)C1)NCc1cccnc1. The van der Waals surface area contributed by atoms with Crippen molar-refractivity contribution in [2.24, 2.45) is 16.0 Å². The first-order valence-corrected chi connectivity index (χ1v) is 12.7. The zero-order valence-electron chi connectivity index (χ0n) is 19.5. The Morgan fingerprint density at radius 2 is 2.24 bits per heavy atom. The van der Waals surface area contributed by atoms with Crippen molar-refractivity contribution in [3.63, 3.8) is 0 Å². The first-order chi connectivity index (χ1) is 16.7. The third-order valence-corrected chi connectivity index (χ3v) is 6.07. The largest absolute Gasteiger partial charge is 0.366 e. The summed E-state index contributed by atoms with van der Waals surface area (Å²) >= 11 is 3.40. The number of hydrogen-bond donors (Lipinski definition) is 1. The zero-order chi connectivity index (χ0) is 24.0. The summed E-state index contributed by atoms with van der Waals surface area (Å²) in [5.41, 5.74) is 2.97. The molecule has 1 aromatic heterocycles. The fourth-order valence-corrected chi connectivity index (χ4v) is 4.27. The number of alkyl halides is 1. The van der Waals surface area contributed by atoms with Crippen LogP contribution in [0.1, 0.15) is 36.0 Å². The van der Waals surface area contributed by atoms with Gasteiger partial charge >= 0.3 is 0 Å². The summed E-state index contributed by atoms with van der Waals surface area (Å²) in [5, 5.41) is 20.0. The van der Waals surface area contributed by atoms with Crippen molar-refractivity contribution >= 4 is 28.9 Å². The number of piperidine rings is 1. The Morgan fingerprint density at radius 3 is 3.00 bits per heavy atom. The molecule has 1 unspecified atom stereocenters. The predicted octanol–water partition coefficient (Wildman–Crippen LogP) is 4.53. The number of rotatable bonds is 12. The molecule has 1 aliphatic heterocycles. The van der Waals surface area contributed by atoms with Crippen LogP contribution in [0.25, 0.3) is 0 Å². The number of nitrogens with one attached hydrogen (secondary N) is 1. The quantitative estimate of drug-likeness (QED) is 0.252. The van der Waals surface area contributed by atoms with Crippen LogP contribution in [0.5, 0.6) is 0 Å². The summed E-state index contributed by atoms with van der Waals surface area (Å²) in [6.07, 6.45) is 10.9. The molecular formula is C26H32BrN7. The fourth-order valence-electron chi connectivity index (χ4n) is 4.14. The van der Waals surface area contributed by atoms with Crippen LogP contribution in [0.15, 0.2) is 70.8 Å². The van der Waals surface area contributed by atoms with Gasteiger partial charge in [0, 0.05) is 43.6 Å². The number of halogens is 1. The monoisotopic (exact) mass is 521 g/mol. The van der Waals surface area contributed by atoms with E-state index in [1.807, 2.05) is 41.5 Å². The average Bonchev–Trinajstić information content (AvgIpc) is 2.88. The van der Waals surface area contributed by atoms with Gasteiger partial charge in [0.15, 0.2) is 0 Å². The van der Waals surface area contributed by atoms with Gasteiger partial charge in [-0.1, -0.05) is 40.2 Å². The third-order valence-electron chi connectivity index (χ3n) is 5.78. The van der Waals surface area contributed by atoms with E-state index in [0.29, 0.717) is 24.5 Å². The highest BCUT2D eigenvalue weighted by Crippen LogP contribution is 2.23. The van der Waals surface area contributed by atoms with Gasteiger partial charge in [-0.2, -0.15) is 10.4 Å². The minimum absolute atomic E-state index is 0.372. The van der Waals surface area contributed by atoms with Crippen LogP contribution in [-0.2, 0) is 13.1 Å². The van der Waals surface area contributed by atoms with E-state index in [4.69, 9.17) is 0 Å². The minimum atomic E-state index is 0.372. The topological polar surface area (TPSA) is 79.9 Å². The highest BCUT2D eigenvalue weighted by atomic mass is 79.9. The number of nitrogens with zero attached hydrogens (tertiary/aromatic N) is 6. The van der Waals surface area contributed by atoms with E-state index in [-0.39, 0.29) is 0 Å². The summed E-state index contributed by atoms with van der Waals surface area (Å²) < 4.78 is 0. The Kier molecular flexibility index (Phi) is 10.8. The second-order valence-electron chi connectivity index (χ2n) is 8.27. The molecule has 0 aliphatic carbocycles. The second-order valence-corrected chi connectivity index (χ2v) is 8.92. The van der Waals surface area contributed by atoms with Crippen LogP contribution >= 0.6 is 15.9 Å². The molecule has 0 bridgehead atoms. The van der Waals surface area contributed by atoms with E-state index in [9.17, 15) is 5.26 Å². The Morgan fingerprint density at radius 1 is 1.35 bits per heavy atom. The average molecular weight is 522 g/mol. The molecule has 1 fully saturated rings. The van der Waals surface area contributed by atoms with Crippen molar-refractivity contribution in [1.29, 1.82) is 5.26 Å². The minimum Gasteiger partial charge on any atom is -0.366 e. The van der Waals surface area contributed by atoms with Crippen molar-refractivity contribution in [2.75, 3.05) is 25.1 Å². The van der Waals surface area contributed by atoms with E-state index in [0.717, 1.165) is 55.0 Å². The standard InChI is InChI=1S/C26H32BrN7/c1-29-21-34(32-14-12-27)26(31-18-23-6-4-13-30-17-23)11-10-22-7-5-15-33(19-22)20-25-9-3-2-8-24(25)16-28/h2-4,6,8-9,11,13-14,17,22,31H,1,5,7,10,12,15,18-21H2/b26-11-,32-14-. The summed E-state index contributed by atoms with van der Waals surface area (Å²) in [5.74, 6) is 1.46. The lowest BCUT2D eigenvalue weighted by molar-refractivity contribution is 0.167. The van der Waals surface area contributed by atoms with Gasteiger partial charge in [0.2, 0.25) is 0 Å². The van der Waals surface area contributed by atoms with Crippen LogP contribution in [0.4, 0.5) is 0 Å². The first kappa shape index (κ1) is 25.6. The lowest BCUT2D eigenvalue weighted by Gasteiger charge is -2.33. The van der Waals surface area contributed by atoms with Crippen LogP contribution in [0.3, 0.4) is 0 Å². The summed E-state index contributed by atoms with van der Waals surface area (Å²) in [4.78, 5) is 10.7. The Labute approximate surface area is 211 Å². The number of aliphatic imine (C=N–C) groups is 1. The van der Waals surface area contributed by atoms with Crippen molar-refractivity contribution in [3.05, 3.63) is 77.4 Å². The maximum absolute atomic E-state index is 9.42. The summed E-state index contributed by atoms with van der Waals surface area (Å²) in [7, 11) is 0. The lowest BCUT2D eigenvalue weighted by atomic mass is 9.94. The Hall–Kier alpha value is -3.02. The molecule has 7 nitrogen and oxygen atoms in total. The van der Waals surface area contributed by atoms with Gasteiger partial charge in [0.05, 0.1) is 11.6 Å². The van der Waals surface area contributed by atoms with Crippen LogP contribution in [-0.4, -0.2) is 52.9 Å². The van der Waals surface area contributed by atoms with Crippen molar-refractivity contribution < 1.29 is 0 Å². The highest BCUT2D eigenvalue weighted by molar-refractivity contribution is 9.09. The normalized spacial score (nSPS) is 16.8. The third kappa shape index (κ3) is 8.08. The Balaban J connectivity index is 1.68. The molecule has 2 aromatic rings. The van der Waals surface area contributed by atoms with E-state index < -0.39 is 0 Å². The molecule has 0 spiro atoms. The molecule has 0 radical (unpaired) electrons. The molecule has 34 heavy (non-hydrogen) atoms. The van der Waals surface area contributed by atoms with Crippen molar-refractivity contribution in [1.82, 2.24) is 20.2 Å². The molecular weight excluding hydrogens is 490 g/mol. The van der Waals surface area contributed by atoms with Gasteiger partial charge in [0.1, 0.15) is 12.5 Å². The molecule has 178 valence electrons. The first-order valence-electron chi connectivity index (χ1n) is 11.5. The van der Waals surface area contributed by atoms with E-state index in [1.54, 1.807) is 12.4 Å². The highest BCUT2D eigenvalue weighted by Gasteiger charge is 2.20. The lowest BCUT2D eigenvalue weighted by Crippen LogP contribution is -2.35. The molecule has 3 rings (SSSR count). The number of hydrogen-bond acceptors (Lipinski definition) is 7. The fraction of sp³-hybridized carbons (Fsp3) is 0.385. The molecule has 1 atom stereocenters. The predicted molar refractivity (Wildman–Crippen MR) is 141 cm³/mol. The van der Waals surface area contributed by atoms with Gasteiger partial charge in [0.25, 0.3) is 0 Å². The number of hydrazone groups is 1. The molecule has 0 amide bonds. The number of aromatic nitrogens is 1. The number of pyridine rings is 1. The molecule has 0 saturated carbocycles. The maximum Gasteiger partial charge on any atom is 0.132 e. The van der Waals surface area contributed by atoms with Crippen LogP contribution in [0, 0.1) is 17.2 Å². The second kappa shape index (κ2) is 14.3. The molecule has 1 aromatic carbocycles. The number of nitriles is 1. The molecule has 2 heterocycles. The number of allylic oxidation sites excluding steroid dienone is 1. The molecule has 1 aliphatic rings. The van der Waals surface area contributed by atoms with E-state index in [1.165, 1.54) is 6.42 Å². The van der Waals surface area contributed by atoms with E-state index in [2.05, 4.69) is 66.2 Å². The Bertz CT molecular complexity index is 1000. The van der Waals surface area contributed by atoms with Gasteiger partial charge in [-0.05, 0) is 67.8 Å². The maximum atomic E-state index is 9.42. The van der Waals surface area contributed by atoms with Gasteiger partial charge in [-0.15, -0.1) is 0 Å². The van der Waals surface area contributed by atoms with Crippen LogP contribution < -0.4 is 5.32 Å².